The summed E-state index contributed by atoms with van der Waals surface area (Å²) in [7, 11) is 0. The monoisotopic (exact) mass is 266 g/mol. The van der Waals surface area contributed by atoms with Crippen LogP contribution in [0, 0.1) is 19.8 Å². The fourth-order valence-electron chi connectivity index (χ4n) is 2.89. The molecule has 1 fully saturated rings. The molecule has 0 amide bonds. The van der Waals surface area contributed by atoms with Crippen LogP contribution in [0.5, 0.6) is 0 Å². The van der Waals surface area contributed by atoms with E-state index in [1.165, 1.54) is 34.8 Å². The zero-order chi connectivity index (χ0) is 13.1. The Hall–Kier alpha value is -0.380. The summed E-state index contributed by atoms with van der Waals surface area (Å²) in [5, 5.41) is 3.61. The smallest absolute Gasteiger partial charge is 0.0328 e. The van der Waals surface area contributed by atoms with Gasteiger partial charge in [-0.3, -0.25) is 4.90 Å². The number of nitrogens with one attached hydrogen (secondary N) is 1. The van der Waals surface area contributed by atoms with Gasteiger partial charge in [0.1, 0.15) is 0 Å². The van der Waals surface area contributed by atoms with Crippen molar-refractivity contribution in [2.75, 3.05) is 19.6 Å². The van der Waals surface area contributed by atoms with E-state index in [1.807, 2.05) is 11.3 Å². The molecule has 18 heavy (non-hydrogen) atoms. The third-order valence-electron chi connectivity index (χ3n) is 4.05. The number of aryl methyl sites for hydroxylation is 2. The van der Waals surface area contributed by atoms with Crippen molar-refractivity contribution in [2.45, 2.75) is 46.7 Å². The van der Waals surface area contributed by atoms with Crippen LogP contribution in [0.15, 0.2) is 6.07 Å². The molecule has 0 bridgehead atoms. The topological polar surface area (TPSA) is 15.3 Å². The summed E-state index contributed by atoms with van der Waals surface area (Å²) in [4.78, 5) is 5.61. The fraction of sp³-hybridized carbons (Fsp3) is 0.733. The zero-order valence-electron chi connectivity index (χ0n) is 12.1. The van der Waals surface area contributed by atoms with Crippen LogP contribution < -0.4 is 5.32 Å². The molecule has 1 N–H and O–H groups in total. The molecule has 1 aromatic heterocycles. The number of hydrogen-bond acceptors (Lipinski definition) is 3. The first-order chi connectivity index (χ1) is 8.60. The second-order valence-electron chi connectivity index (χ2n) is 5.62. The highest BCUT2D eigenvalue weighted by Crippen LogP contribution is 2.24. The summed E-state index contributed by atoms with van der Waals surface area (Å²) in [6.45, 7) is 13.7. The molecule has 2 heterocycles. The summed E-state index contributed by atoms with van der Waals surface area (Å²) < 4.78 is 0. The van der Waals surface area contributed by atoms with E-state index in [4.69, 9.17) is 0 Å². The minimum absolute atomic E-state index is 0.720. The highest BCUT2D eigenvalue weighted by atomic mass is 32.1. The third-order valence-corrected chi connectivity index (χ3v) is 5.19. The Kier molecular flexibility index (Phi) is 4.82. The Morgan fingerprint density at radius 2 is 2.22 bits per heavy atom. The van der Waals surface area contributed by atoms with Crippen molar-refractivity contribution in [3.63, 3.8) is 0 Å². The van der Waals surface area contributed by atoms with Crippen molar-refractivity contribution in [3.8, 4) is 0 Å². The van der Waals surface area contributed by atoms with Gasteiger partial charge >= 0.3 is 0 Å². The molecule has 0 radical (unpaired) electrons. The van der Waals surface area contributed by atoms with E-state index in [0.29, 0.717) is 0 Å². The number of likely N-dealkylation sites (tertiary alicyclic amines) is 1. The van der Waals surface area contributed by atoms with Gasteiger partial charge in [0.15, 0.2) is 0 Å². The van der Waals surface area contributed by atoms with Crippen molar-refractivity contribution in [2.24, 2.45) is 5.92 Å². The van der Waals surface area contributed by atoms with E-state index in [1.54, 1.807) is 0 Å². The average molecular weight is 266 g/mol. The molecule has 3 heteroatoms. The molecule has 0 saturated carbocycles. The van der Waals surface area contributed by atoms with E-state index in [-0.39, 0.29) is 0 Å². The molecule has 2 unspecified atom stereocenters. The number of piperidine rings is 1. The van der Waals surface area contributed by atoms with E-state index >= 15 is 0 Å². The Balaban J connectivity index is 1.89. The number of hydrogen-bond donors (Lipinski definition) is 1. The Labute approximate surface area is 115 Å². The predicted molar refractivity (Wildman–Crippen MR) is 80.3 cm³/mol. The predicted octanol–water partition coefficient (Wildman–Crippen LogP) is 3.18. The molecule has 2 rings (SSSR count). The van der Waals surface area contributed by atoms with E-state index < -0.39 is 0 Å². The molecule has 102 valence electrons. The summed E-state index contributed by atoms with van der Waals surface area (Å²) in [5.41, 5.74) is 1.45. The van der Waals surface area contributed by atoms with Gasteiger partial charge in [-0.2, -0.15) is 0 Å². The number of rotatable bonds is 4. The van der Waals surface area contributed by atoms with Crippen molar-refractivity contribution in [3.05, 3.63) is 21.4 Å². The van der Waals surface area contributed by atoms with E-state index in [2.05, 4.69) is 44.0 Å². The Morgan fingerprint density at radius 1 is 1.44 bits per heavy atom. The molecule has 1 aliphatic rings. The zero-order valence-corrected chi connectivity index (χ0v) is 12.9. The molecule has 1 saturated heterocycles. The summed E-state index contributed by atoms with van der Waals surface area (Å²) >= 11 is 1.96. The SMILES string of the molecule is CCNC1CCN(Cc2cc(C)c(C)s2)CC1C. The van der Waals surface area contributed by atoms with Gasteiger partial charge in [-0.1, -0.05) is 13.8 Å². The van der Waals surface area contributed by atoms with Gasteiger partial charge in [-0.25, -0.2) is 0 Å². The summed E-state index contributed by atoms with van der Waals surface area (Å²) in [6.07, 6.45) is 1.29. The first-order valence-electron chi connectivity index (χ1n) is 7.11. The lowest BCUT2D eigenvalue weighted by Crippen LogP contribution is -2.47. The second-order valence-corrected chi connectivity index (χ2v) is 6.96. The van der Waals surface area contributed by atoms with Crippen LogP contribution in [0.4, 0.5) is 0 Å². The lowest BCUT2D eigenvalue weighted by Gasteiger charge is -2.37. The molecule has 2 atom stereocenters. The fourth-order valence-corrected chi connectivity index (χ4v) is 3.99. The van der Waals surface area contributed by atoms with Crippen molar-refractivity contribution >= 4 is 11.3 Å². The van der Waals surface area contributed by atoms with Gasteiger partial charge in [-0.15, -0.1) is 11.3 Å². The summed E-state index contributed by atoms with van der Waals surface area (Å²) in [5.74, 6) is 0.765. The minimum Gasteiger partial charge on any atom is -0.314 e. The van der Waals surface area contributed by atoms with Crippen LogP contribution in [0.3, 0.4) is 0 Å². The maximum atomic E-state index is 3.61. The second kappa shape index (κ2) is 6.18. The van der Waals surface area contributed by atoms with Crippen LogP contribution in [0.1, 0.15) is 35.6 Å². The van der Waals surface area contributed by atoms with E-state index in [0.717, 1.165) is 25.0 Å². The van der Waals surface area contributed by atoms with Gasteiger partial charge in [0, 0.05) is 35.4 Å². The standard InChI is InChI=1S/C15H26N2S/c1-5-16-15-6-7-17(9-12(15)3)10-14-8-11(2)13(4)18-14/h8,12,15-16H,5-7,9-10H2,1-4H3. The molecule has 1 aliphatic heterocycles. The van der Waals surface area contributed by atoms with Gasteiger partial charge in [-0.05, 0) is 44.4 Å². The maximum absolute atomic E-state index is 3.61. The normalized spacial score (nSPS) is 25.6. The molecule has 1 aromatic rings. The summed E-state index contributed by atoms with van der Waals surface area (Å²) in [6, 6.07) is 3.08. The molecule has 0 spiro atoms. The van der Waals surface area contributed by atoms with Crippen molar-refractivity contribution in [1.82, 2.24) is 10.2 Å². The molecular weight excluding hydrogens is 240 g/mol. The molecule has 0 aromatic carbocycles. The van der Waals surface area contributed by atoms with Crippen LogP contribution in [-0.2, 0) is 6.54 Å². The molecule has 0 aliphatic carbocycles. The van der Waals surface area contributed by atoms with Gasteiger partial charge in [0.25, 0.3) is 0 Å². The lowest BCUT2D eigenvalue weighted by atomic mass is 9.94. The van der Waals surface area contributed by atoms with Crippen LogP contribution in [-0.4, -0.2) is 30.6 Å². The van der Waals surface area contributed by atoms with Crippen LogP contribution >= 0.6 is 11.3 Å². The number of nitrogens with zero attached hydrogens (tertiary/aromatic N) is 1. The maximum Gasteiger partial charge on any atom is 0.0328 e. The number of thiophene rings is 1. The Bertz CT molecular complexity index is 366. The average Bonchev–Trinajstić information content (AvgIpc) is 2.62. The first kappa shape index (κ1) is 14.0. The third kappa shape index (κ3) is 3.34. The van der Waals surface area contributed by atoms with Crippen LogP contribution in [0.25, 0.3) is 0 Å². The van der Waals surface area contributed by atoms with Gasteiger partial charge < -0.3 is 5.32 Å². The van der Waals surface area contributed by atoms with Crippen molar-refractivity contribution in [1.29, 1.82) is 0 Å². The first-order valence-corrected chi connectivity index (χ1v) is 7.93. The Morgan fingerprint density at radius 3 is 2.78 bits per heavy atom. The van der Waals surface area contributed by atoms with Gasteiger partial charge in [0.05, 0.1) is 0 Å². The van der Waals surface area contributed by atoms with Crippen LogP contribution in [0.2, 0.25) is 0 Å². The van der Waals surface area contributed by atoms with Gasteiger partial charge in [0.2, 0.25) is 0 Å². The largest absolute Gasteiger partial charge is 0.314 e. The molecule has 2 nitrogen and oxygen atoms in total. The minimum atomic E-state index is 0.720. The highest BCUT2D eigenvalue weighted by Gasteiger charge is 2.25. The highest BCUT2D eigenvalue weighted by molar-refractivity contribution is 7.12. The van der Waals surface area contributed by atoms with Crippen molar-refractivity contribution < 1.29 is 0 Å². The quantitative estimate of drug-likeness (QED) is 0.900. The lowest BCUT2D eigenvalue weighted by molar-refractivity contribution is 0.143. The van der Waals surface area contributed by atoms with E-state index in [9.17, 15) is 0 Å². The molecular formula is C15H26N2S.